The maximum atomic E-state index is 14.2. The van der Waals surface area contributed by atoms with Gasteiger partial charge >= 0.3 is 5.51 Å². The molecule has 1 amide bonds. The van der Waals surface area contributed by atoms with Crippen LogP contribution in [0.25, 0.3) is 11.1 Å². The van der Waals surface area contributed by atoms with Crippen molar-refractivity contribution in [2.75, 3.05) is 61.9 Å². The van der Waals surface area contributed by atoms with Crippen molar-refractivity contribution >= 4 is 60.5 Å². The number of carbonyl (C=O) groups is 1. The molecule has 348 valence electrons. The summed E-state index contributed by atoms with van der Waals surface area (Å²) in [7, 11) is -11.0. The Labute approximate surface area is 386 Å². The first kappa shape index (κ1) is 49.8. The third kappa shape index (κ3) is 12.8. The molecule has 0 radical (unpaired) electrons. The van der Waals surface area contributed by atoms with Gasteiger partial charge in [-0.2, -0.15) is 13.2 Å². The Kier molecular flexibility index (Phi) is 17.0. The second-order valence-electron chi connectivity index (χ2n) is 15.5. The lowest BCUT2D eigenvalue weighted by Gasteiger charge is -2.36. The summed E-state index contributed by atoms with van der Waals surface area (Å²) >= 11 is 7.45. The standard InChI is InChI=1S/C46H50ClF3N4O8S3/c47-35-14-10-32(11-15-35)40-8-4-5-9-41(40)44(57)33-20-24-54(25-21-33)37-16-12-34(13-17-37)45(58)52-65(61,62)39-18-19-42(43(30-39)64(59,60)46(48,49)50)51-36(22-23-53(26-28-55)27-29-56)31-63-38-6-2-1-3-7-38/h1-19,30,33,36,44,51,55-57H,20-29,31H2,(H,52,58)/t36-,44-/m0/s1. The quantitative estimate of drug-likeness (QED) is 0.0484. The monoisotopic (exact) mass is 974 g/mol. The molecular formula is C46H50ClF3N4O8S3. The van der Waals surface area contributed by atoms with Crippen LogP contribution in [0.3, 0.4) is 0 Å². The van der Waals surface area contributed by atoms with Crippen molar-refractivity contribution in [3.05, 3.63) is 137 Å². The van der Waals surface area contributed by atoms with Gasteiger partial charge in [0.2, 0.25) is 0 Å². The Balaban J connectivity index is 1.14. The summed E-state index contributed by atoms with van der Waals surface area (Å²) in [5.41, 5.74) is -2.95. The Bertz CT molecular complexity index is 2580. The number of benzene rings is 5. The predicted octanol–water partition coefficient (Wildman–Crippen LogP) is 7.62. The molecule has 0 unspecified atom stereocenters. The molecule has 5 N–H and O–H groups in total. The normalized spacial score (nSPS) is 14.9. The van der Waals surface area contributed by atoms with E-state index >= 15 is 0 Å². The first-order valence-electron chi connectivity index (χ1n) is 20.8. The second kappa shape index (κ2) is 22.2. The molecule has 1 aliphatic heterocycles. The van der Waals surface area contributed by atoms with Crippen LogP contribution in [0.5, 0.6) is 0 Å². The van der Waals surface area contributed by atoms with Crippen molar-refractivity contribution in [2.45, 2.75) is 51.6 Å². The van der Waals surface area contributed by atoms with Crippen molar-refractivity contribution < 1.29 is 50.1 Å². The van der Waals surface area contributed by atoms with Gasteiger partial charge in [-0.3, -0.25) is 9.69 Å². The van der Waals surface area contributed by atoms with Gasteiger partial charge in [0.1, 0.15) is 4.90 Å². The summed E-state index contributed by atoms with van der Waals surface area (Å²) in [6.45, 7) is 1.47. The van der Waals surface area contributed by atoms with Gasteiger partial charge in [0.15, 0.2) is 0 Å². The number of thioether (sulfide) groups is 1. The third-order valence-electron chi connectivity index (χ3n) is 11.2. The van der Waals surface area contributed by atoms with Gasteiger partial charge in [0.05, 0.1) is 29.9 Å². The SMILES string of the molecule is O=C(NS(=O)(=O)c1ccc(N[C@@H](CCN(CCO)CCO)CSc2ccccc2)c(S(=O)(=O)C(F)(F)F)c1)c1ccc(N2CCC([C@H](O)c3ccccc3-c3ccc(Cl)cc3)CC2)cc1. The van der Waals surface area contributed by atoms with Gasteiger partial charge in [-0.1, -0.05) is 66.2 Å². The number of nitrogens with one attached hydrogen (secondary N) is 2. The molecule has 6 rings (SSSR count). The van der Waals surface area contributed by atoms with E-state index in [-0.39, 0.29) is 56.5 Å². The Morgan fingerprint density at radius 3 is 2.09 bits per heavy atom. The Hall–Kier alpha value is -4.66. The van der Waals surface area contributed by atoms with Crippen molar-refractivity contribution in [1.82, 2.24) is 9.62 Å². The van der Waals surface area contributed by atoms with Gasteiger partial charge in [0, 0.05) is 65.7 Å². The number of piperidine rings is 1. The summed E-state index contributed by atoms with van der Waals surface area (Å²) in [6, 6.07) is 31.9. The largest absolute Gasteiger partial charge is 0.501 e. The van der Waals surface area contributed by atoms with Crippen molar-refractivity contribution in [2.24, 2.45) is 5.92 Å². The number of anilines is 2. The zero-order valence-electron chi connectivity index (χ0n) is 35.1. The molecule has 1 aliphatic rings. The summed E-state index contributed by atoms with van der Waals surface area (Å²) in [6.07, 6.45) is 0.853. The van der Waals surface area contributed by atoms with Crippen LogP contribution in [-0.4, -0.2) is 106 Å². The molecule has 0 saturated carbocycles. The summed E-state index contributed by atoms with van der Waals surface area (Å²) in [5, 5.41) is 33.9. The Morgan fingerprint density at radius 2 is 1.46 bits per heavy atom. The van der Waals surface area contributed by atoms with Gasteiger partial charge < -0.3 is 25.5 Å². The average molecular weight is 976 g/mol. The number of sulfone groups is 1. The highest BCUT2D eigenvalue weighted by Gasteiger charge is 2.48. The van der Waals surface area contributed by atoms with E-state index in [0.29, 0.717) is 37.0 Å². The Morgan fingerprint density at radius 1 is 0.831 bits per heavy atom. The van der Waals surface area contributed by atoms with Gasteiger partial charge in [-0.15, -0.1) is 11.8 Å². The molecule has 65 heavy (non-hydrogen) atoms. The maximum absolute atomic E-state index is 14.2. The molecule has 1 fully saturated rings. The number of carbonyl (C=O) groups excluding carboxylic acids is 1. The number of hydrogen-bond donors (Lipinski definition) is 5. The highest BCUT2D eigenvalue weighted by molar-refractivity contribution is 7.99. The number of sulfonamides is 1. The summed E-state index contributed by atoms with van der Waals surface area (Å²) in [5.74, 6) is -0.871. The molecule has 0 bridgehead atoms. The second-order valence-corrected chi connectivity index (χ2v) is 20.6. The molecular weight excluding hydrogens is 925 g/mol. The molecule has 0 aromatic heterocycles. The number of rotatable bonds is 20. The first-order chi connectivity index (χ1) is 31.0. The summed E-state index contributed by atoms with van der Waals surface area (Å²) < 4.78 is 97.4. The molecule has 0 aliphatic carbocycles. The van der Waals surface area contributed by atoms with Crippen LogP contribution in [-0.2, 0) is 19.9 Å². The van der Waals surface area contributed by atoms with Crippen molar-refractivity contribution in [3.8, 4) is 11.1 Å². The summed E-state index contributed by atoms with van der Waals surface area (Å²) in [4.78, 5) is 15.7. The fraction of sp³-hybridized carbons (Fsp3) is 0.326. The van der Waals surface area contributed by atoms with Crippen LogP contribution >= 0.6 is 23.4 Å². The zero-order valence-corrected chi connectivity index (χ0v) is 38.3. The fourth-order valence-electron chi connectivity index (χ4n) is 7.66. The van der Waals surface area contributed by atoms with Gasteiger partial charge in [-0.05, 0) is 109 Å². The van der Waals surface area contributed by atoms with Crippen LogP contribution < -0.4 is 14.9 Å². The molecule has 0 spiro atoms. The van der Waals surface area contributed by atoms with E-state index in [2.05, 4.69) is 10.2 Å². The van der Waals surface area contributed by atoms with Crippen LogP contribution in [0.1, 0.15) is 41.3 Å². The number of alkyl halides is 3. The number of amides is 1. The van der Waals surface area contributed by atoms with E-state index in [1.54, 1.807) is 41.3 Å². The molecule has 5 aromatic rings. The highest BCUT2D eigenvalue weighted by Crippen LogP contribution is 2.39. The lowest BCUT2D eigenvalue weighted by molar-refractivity contribution is -0.0435. The molecule has 5 aromatic carbocycles. The topological polar surface area (TPSA) is 177 Å². The molecule has 2 atom stereocenters. The number of nitrogens with zero attached hydrogens (tertiary/aromatic N) is 2. The van der Waals surface area contributed by atoms with Gasteiger partial charge in [-0.25, -0.2) is 21.6 Å². The van der Waals surface area contributed by atoms with E-state index < -0.39 is 58.9 Å². The lowest BCUT2D eigenvalue weighted by Crippen LogP contribution is -2.36. The van der Waals surface area contributed by atoms with E-state index in [0.717, 1.165) is 39.4 Å². The average Bonchev–Trinajstić information content (AvgIpc) is 3.30. The van der Waals surface area contributed by atoms with E-state index in [4.69, 9.17) is 11.6 Å². The number of aliphatic hydroxyl groups is 3. The predicted molar refractivity (Wildman–Crippen MR) is 247 cm³/mol. The number of aliphatic hydroxyl groups excluding tert-OH is 3. The smallest absolute Gasteiger partial charge is 0.395 e. The van der Waals surface area contributed by atoms with Crippen molar-refractivity contribution in [3.63, 3.8) is 0 Å². The lowest BCUT2D eigenvalue weighted by atomic mass is 9.84. The first-order valence-corrected chi connectivity index (χ1v) is 25.1. The van der Waals surface area contributed by atoms with Crippen LogP contribution in [0.15, 0.2) is 136 Å². The molecule has 1 saturated heterocycles. The van der Waals surface area contributed by atoms with Crippen molar-refractivity contribution in [1.29, 1.82) is 0 Å². The number of halogens is 4. The van der Waals surface area contributed by atoms with Crippen LogP contribution in [0.4, 0.5) is 24.5 Å². The minimum absolute atomic E-state index is 0.0303. The molecule has 19 heteroatoms. The minimum atomic E-state index is -6.13. The molecule has 12 nitrogen and oxygen atoms in total. The third-order valence-corrected chi connectivity index (χ3v) is 15.5. The van der Waals surface area contributed by atoms with Crippen LogP contribution in [0, 0.1) is 5.92 Å². The van der Waals surface area contributed by atoms with E-state index in [1.807, 2.05) is 59.3 Å². The van der Waals surface area contributed by atoms with E-state index in [9.17, 15) is 50.1 Å². The minimum Gasteiger partial charge on any atom is -0.395 e. The zero-order chi connectivity index (χ0) is 46.8. The van der Waals surface area contributed by atoms with Crippen LogP contribution in [0.2, 0.25) is 5.02 Å². The van der Waals surface area contributed by atoms with Gasteiger partial charge in [0.25, 0.3) is 25.8 Å². The molecule has 1 heterocycles. The maximum Gasteiger partial charge on any atom is 0.501 e. The fourth-order valence-corrected chi connectivity index (χ4v) is 10.8. The van der Waals surface area contributed by atoms with E-state index in [1.165, 1.54) is 23.9 Å². The number of hydrogen-bond acceptors (Lipinski definition) is 12. The highest BCUT2D eigenvalue weighted by atomic mass is 35.5.